The van der Waals surface area contributed by atoms with E-state index in [0.717, 1.165) is 0 Å². The van der Waals surface area contributed by atoms with Gasteiger partial charge in [0.15, 0.2) is 5.78 Å². The first-order valence-corrected chi connectivity index (χ1v) is 8.71. The van der Waals surface area contributed by atoms with Crippen molar-refractivity contribution in [2.45, 2.75) is 31.1 Å². The molecule has 0 aliphatic heterocycles. The lowest BCUT2D eigenvalue weighted by Gasteiger charge is -2.09. The van der Waals surface area contributed by atoms with Crippen LogP contribution in [0.15, 0.2) is 23.1 Å². The molecule has 0 atom stereocenters. The highest BCUT2D eigenvalue weighted by atomic mass is 35.5. The maximum Gasteiger partial charge on any atom is 0.242 e. The monoisotopic (exact) mass is 346 g/mol. The zero-order valence-corrected chi connectivity index (χ0v) is 14.1. The van der Waals surface area contributed by atoms with Crippen molar-refractivity contribution < 1.29 is 18.0 Å². The Morgan fingerprint density at radius 1 is 1.23 bits per heavy atom. The quantitative estimate of drug-likeness (QED) is 0.701. The van der Waals surface area contributed by atoms with E-state index in [-0.39, 0.29) is 46.6 Å². The molecule has 0 bridgehead atoms. The largest absolute Gasteiger partial charge is 0.359 e. The Morgan fingerprint density at radius 2 is 1.91 bits per heavy atom. The summed E-state index contributed by atoms with van der Waals surface area (Å²) in [6.45, 7) is 2.12. The minimum absolute atomic E-state index is 0.00316. The second kappa shape index (κ2) is 8.26. The number of hydrogen-bond donors (Lipinski definition) is 2. The first kappa shape index (κ1) is 18.6. The highest BCUT2D eigenvalue weighted by molar-refractivity contribution is 7.89. The summed E-state index contributed by atoms with van der Waals surface area (Å²) in [6.07, 6.45) is 0.693. The fraction of sp³-hybridized carbons (Fsp3) is 0.429. The Labute approximate surface area is 135 Å². The Kier molecular flexibility index (Phi) is 6.99. The summed E-state index contributed by atoms with van der Waals surface area (Å²) < 4.78 is 26.7. The number of benzene rings is 1. The number of nitrogens with one attached hydrogen (secondary N) is 2. The molecule has 0 fully saturated rings. The van der Waals surface area contributed by atoms with E-state index in [2.05, 4.69) is 10.0 Å². The van der Waals surface area contributed by atoms with Crippen LogP contribution in [0.1, 0.15) is 36.5 Å². The van der Waals surface area contributed by atoms with Crippen LogP contribution in [-0.4, -0.2) is 33.7 Å². The highest BCUT2D eigenvalue weighted by Gasteiger charge is 2.19. The van der Waals surface area contributed by atoms with Crippen LogP contribution in [0.5, 0.6) is 0 Å². The van der Waals surface area contributed by atoms with E-state index >= 15 is 0 Å². The van der Waals surface area contributed by atoms with Gasteiger partial charge in [0.1, 0.15) is 4.90 Å². The molecule has 0 aromatic heterocycles. The summed E-state index contributed by atoms with van der Waals surface area (Å²) in [5.41, 5.74) is 0.213. The van der Waals surface area contributed by atoms with E-state index in [1.165, 1.54) is 25.2 Å². The number of halogens is 1. The maximum absolute atomic E-state index is 12.1. The van der Waals surface area contributed by atoms with Gasteiger partial charge < -0.3 is 5.32 Å². The lowest BCUT2D eigenvalue weighted by molar-refractivity contribution is -0.120. The number of amides is 1. The van der Waals surface area contributed by atoms with Crippen molar-refractivity contribution in [3.8, 4) is 0 Å². The van der Waals surface area contributed by atoms with Gasteiger partial charge in [-0.1, -0.05) is 18.5 Å². The second-order valence-corrected chi connectivity index (χ2v) is 6.78. The van der Waals surface area contributed by atoms with Crippen LogP contribution in [0.4, 0.5) is 0 Å². The molecule has 1 aromatic carbocycles. The molecule has 6 nitrogen and oxygen atoms in total. The van der Waals surface area contributed by atoms with E-state index in [0.29, 0.717) is 6.42 Å². The van der Waals surface area contributed by atoms with Gasteiger partial charge in [0.25, 0.3) is 0 Å². The van der Waals surface area contributed by atoms with Crippen molar-refractivity contribution >= 4 is 33.3 Å². The van der Waals surface area contributed by atoms with Crippen LogP contribution in [0.25, 0.3) is 0 Å². The van der Waals surface area contributed by atoms with Gasteiger partial charge in [0.2, 0.25) is 15.9 Å². The van der Waals surface area contributed by atoms with Crippen LogP contribution in [0, 0.1) is 0 Å². The Morgan fingerprint density at radius 3 is 2.50 bits per heavy atom. The number of sulfonamides is 1. The number of carbonyl (C=O) groups is 2. The molecule has 1 aromatic rings. The maximum atomic E-state index is 12.1. The summed E-state index contributed by atoms with van der Waals surface area (Å²) in [5, 5.41) is 2.47. The number of rotatable bonds is 8. The van der Waals surface area contributed by atoms with Gasteiger partial charge in [-0.3, -0.25) is 9.59 Å². The lowest BCUT2D eigenvalue weighted by atomic mass is 10.1. The van der Waals surface area contributed by atoms with Gasteiger partial charge in [-0.05, 0) is 24.6 Å². The molecule has 0 heterocycles. The van der Waals surface area contributed by atoms with Gasteiger partial charge in [-0.25, -0.2) is 13.1 Å². The predicted octanol–water partition coefficient (Wildman–Crippen LogP) is 1.74. The zero-order valence-electron chi connectivity index (χ0n) is 12.5. The molecular formula is C14H19ClN2O4S. The Bertz CT molecular complexity index is 659. The van der Waals surface area contributed by atoms with Gasteiger partial charge >= 0.3 is 0 Å². The van der Waals surface area contributed by atoms with E-state index in [1.807, 2.05) is 6.92 Å². The van der Waals surface area contributed by atoms with Crippen LogP contribution in [-0.2, 0) is 14.8 Å². The minimum Gasteiger partial charge on any atom is -0.359 e. The average molecular weight is 347 g/mol. The molecule has 0 saturated heterocycles. The lowest BCUT2D eigenvalue weighted by Crippen LogP contribution is -2.25. The highest BCUT2D eigenvalue weighted by Crippen LogP contribution is 2.23. The molecule has 0 spiro atoms. The molecular weight excluding hydrogens is 328 g/mol. The fourth-order valence-corrected chi connectivity index (χ4v) is 3.35. The topological polar surface area (TPSA) is 92.3 Å². The van der Waals surface area contributed by atoms with Crippen LogP contribution in [0.2, 0.25) is 5.02 Å². The molecule has 22 heavy (non-hydrogen) atoms. The van der Waals surface area contributed by atoms with Crippen molar-refractivity contribution in [2.75, 3.05) is 13.6 Å². The van der Waals surface area contributed by atoms with Crippen molar-refractivity contribution in [1.29, 1.82) is 0 Å². The second-order valence-electron chi connectivity index (χ2n) is 4.64. The molecule has 122 valence electrons. The van der Waals surface area contributed by atoms with E-state index in [9.17, 15) is 18.0 Å². The third kappa shape index (κ3) is 5.08. The summed E-state index contributed by atoms with van der Waals surface area (Å²) in [7, 11) is -2.27. The summed E-state index contributed by atoms with van der Waals surface area (Å²) in [6, 6.07) is 4.06. The van der Waals surface area contributed by atoms with Gasteiger partial charge in [0, 0.05) is 32.0 Å². The summed E-state index contributed by atoms with van der Waals surface area (Å²) in [4.78, 5) is 23.1. The Hall–Kier alpha value is -1.44. The molecule has 1 rings (SSSR count). The average Bonchev–Trinajstić information content (AvgIpc) is 2.50. The SMILES string of the molecule is CCCNS(=O)(=O)c1cc(C(=O)CCC(=O)NC)ccc1Cl. The van der Waals surface area contributed by atoms with Crippen molar-refractivity contribution in [3.63, 3.8) is 0 Å². The molecule has 0 aliphatic carbocycles. The zero-order chi connectivity index (χ0) is 16.8. The van der Waals surface area contributed by atoms with E-state index in [1.54, 1.807) is 0 Å². The smallest absolute Gasteiger partial charge is 0.242 e. The van der Waals surface area contributed by atoms with Crippen molar-refractivity contribution in [3.05, 3.63) is 28.8 Å². The van der Waals surface area contributed by atoms with Crippen LogP contribution < -0.4 is 10.0 Å². The molecule has 0 unspecified atom stereocenters. The van der Waals surface area contributed by atoms with Crippen LogP contribution >= 0.6 is 11.6 Å². The third-order valence-corrected chi connectivity index (χ3v) is 4.89. The molecule has 8 heteroatoms. The molecule has 0 radical (unpaired) electrons. The molecule has 1 amide bonds. The van der Waals surface area contributed by atoms with Gasteiger partial charge in [0.05, 0.1) is 5.02 Å². The van der Waals surface area contributed by atoms with Crippen LogP contribution in [0.3, 0.4) is 0 Å². The number of ketones is 1. The minimum atomic E-state index is -3.76. The molecule has 0 aliphatic rings. The normalized spacial score (nSPS) is 11.2. The predicted molar refractivity (Wildman–Crippen MR) is 84.6 cm³/mol. The number of Topliss-reactive ketones (excluding diaryl/α,β-unsaturated/α-hetero) is 1. The Balaban J connectivity index is 2.99. The van der Waals surface area contributed by atoms with Crippen molar-refractivity contribution in [1.82, 2.24) is 10.0 Å². The number of carbonyl (C=O) groups excluding carboxylic acids is 2. The standard InChI is InChI=1S/C14H19ClN2O4S/c1-3-8-17-22(20,21)13-9-10(4-5-11(13)15)12(18)6-7-14(19)16-2/h4-5,9,17H,3,6-8H2,1-2H3,(H,16,19). The van der Waals surface area contributed by atoms with Gasteiger partial charge in [-0.15, -0.1) is 0 Å². The summed E-state index contributed by atoms with van der Waals surface area (Å²) >= 11 is 5.92. The molecule has 2 N–H and O–H groups in total. The van der Waals surface area contributed by atoms with E-state index in [4.69, 9.17) is 11.6 Å². The van der Waals surface area contributed by atoms with E-state index < -0.39 is 10.0 Å². The first-order chi connectivity index (χ1) is 10.3. The fourth-order valence-electron chi connectivity index (χ4n) is 1.69. The number of hydrogen-bond acceptors (Lipinski definition) is 4. The third-order valence-electron chi connectivity index (χ3n) is 2.94. The van der Waals surface area contributed by atoms with Gasteiger partial charge in [-0.2, -0.15) is 0 Å². The van der Waals surface area contributed by atoms with Crippen molar-refractivity contribution in [2.24, 2.45) is 0 Å². The first-order valence-electron chi connectivity index (χ1n) is 6.84. The molecule has 0 saturated carbocycles. The summed E-state index contributed by atoms with van der Waals surface area (Å²) in [5.74, 6) is -0.563.